The molecule has 0 aromatic carbocycles. The summed E-state index contributed by atoms with van der Waals surface area (Å²) in [6.07, 6.45) is 4.31. The van der Waals surface area contributed by atoms with Crippen LogP contribution in [0.2, 0.25) is 0 Å². The van der Waals surface area contributed by atoms with Crippen molar-refractivity contribution < 1.29 is 0 Å². The van der Waals surface area contributed by atoms with E-state index in [9.17, 15) is 0 Å². The second-order valence-electron chi connectivity index (χ2n) is 6.02. The molecular formula is C15H27ClN2. The van der Waals surface area contributed by atoms with Gasteiger partial charge in [0.15, 0.2) is 0 Å². The average molecular weight is 271 g/mol. The molecule has 0 N–H and O–H groups in total. The van der Waals surface area contributed by atoms with Gasteiger partial charge >= 0.3 is 0 Å². The summed E-state index contributed by atoms with van der Waals surface area (Å²) < 4.78 is 2.12. The molecule has 0 aliphatic carbocycles. The SMILES string of the molecule is CCc1cc(CCCC(Cl)C(C)(C)C)n(CC)n1. The Labute approximate surface area is 117 Å². The molecule has 0 fully saturated rings. The zero-order valence-corrected chi connectivity index (χ0v) is 13.2. The second-order valence-corrected chi connectivity index (χ2v) is 6.55. The van der Waals surface area contributed by atoms with Gasteiger partial charge in [0, 0.05) is 17.6 Å². The Kier molecular flexibility index (Phi) is 5.71. The number of alkyl halides is 1. The highest BCUT2D eigenvalue weighted by atomic mass is 35.5. The van der Waals surface area contributed by atoms with Gasteiger partial charge < -0.3 is 0 Å². The van der Waals surface area contributed by atoms with Gasteiger partial charge in [-0.1, -0.05) is 27.7 Å². The highest BCUT2D eigenvalue weighted by molar-refractivity contribution is 6.21. The fourth-order valence-corrected chi connectivity index (χ4v) is 2.21. The molecule has 0 radical (unpaired) electrons. The normalized spacial score (nSPS) is 13.9. The zero-order valence-electron chi connectivity index (χ0n) is 12.5. The lowest BCUT2D eigenvalue weighted by Crippen LogP contribution is -2.20. The molecule has 1 heterocycles. The van der Waals surface area contributed by atoms with E-state index >= 15 is 0 Å². The molecule has 1 aromatic heterocycles. The van der Waals surface area contributed by atoms with E-state index in [0.29, 0.717) is 0 Å². The maximum Gasteiger partial charge on any atom is 0.0624 e. The van der Waals surface area contributed by atoms with Gasteiger partial charge in [-0.15, -0.1) is 11.6 Å². The average Bonchev–Trinajstić information content (AvgIpc) is 2.70. The summed E-state index contributed by atoms with van der Waals surface area (Å²) >= 11 is 6.41. The van der Waals surface area contributed by atoms with Crippen LogP contribution in [-0.2, 0) is 19.4 Å². The van der Waals surface area contributed by atoms with E-state index in [2.05, 4.69) is 50.5 Å². The van der Waals surface area contributed by atoms with E-state index in [1.54, 1.807) is 0 Å². The Balaban J connectivity index is 2.51. The van der Waals surface area contributed by atoms with Crippen molar-refractivity contribution >= 4 is 11.6 Å². The van der Waals surface area contributed by atoms with Gasteiger partial charge in [0.25, 0.3) is 0 Å². The molecule has 104 valence electrons. The van der Waals surface area contributed by atoms with Crippen LogP contribution in [0.4, 0.5) is 0 Å². The molecule has 18 heavy (non-hydrogen) atoms. The third-order valence-corrected chi connectivity index (χ3v) is 4.28. The highest BCUT2D eigenvalue weighted by Gasteiger charge is 2.21. The van der Waals surface area contributed by atoms with Crippen molar-refractivity contribution in [2.75, 3.05) is 0 Å². The summed E-state index contributed by atoms with van der Waals surface area (Å²) in [5, 5.41) is 4.83. The topological polar surface area (TPSA) is 17.8 Å². The van der Waals surface area contributed by atoms with Crippen molar-refractivity contribution in [3.63, 3.8) is 0 Å². The summed E-state index contributed by atoms with van der Waals surface area (Å²) in [4.78, 5) is 0. The third kappa shape index (κ3) is 4.31. The van der Waals surface area contributed by atoms with E-state index in [-0.39, 0.29) is 10.8 Å². The lowest BCUT2D eigenvalue weighted by atomic mass is 9.88. The first-order valence-electron chi connectivity index (χ1n) is 7.08. The molecule has 0 saturated heterocycles. The monoisotopic (exact) mass is 270 g/mol. The minimum Gasteiger partial charge on any atom is -0.270 e. The molecule has 0 amide bonds. The molecule has 1 atom stereocenters. The molecule has 0 aliphatic rings. The van der Waals surface area contributed by atoms with E-state index in [0.717, 1.165) is 32.2 Å². The van der Waals surface area contributed by atoms with Crippen molar-refractivity contribution in [1.29, 1.82) is 0 Å². The molecule has 1 unspecified atom stereocenters. The maximum atomic E-state index is 6.41. The highest BCUT2D eigenvalue weighted by Crippen LogP contribution is 2.28. The summed E-state index contributed by atoms with van der Waals surface area (Å²) in [6.45, 7) is 11.9. The van der Waals surface area contributed by atoms with Gasteiger partial charge in [-0.05, 0) is 44.1 Å². The van der Waals surface area contributed by atoms with Crippen LogP contribution in [0.5, 0.6) is 0 Å². The first-order chi connectivity index (χ1) is 8.38. The van der Waals surface area contributed by atoms with Crippen molar-refractivity contribution in [2.45, 2.75) is 72.2 Å². The number of hydrogen-bond acceptors (Lipinski definition) is 1. The molecule has 1 rings (SSSR count). The fourth-order valence-electron chi connectivity index (χ4n) is 2.06. The van der Waals surface area contributed by atoms with Crippen molar-refractivity contribution in [1.82, 2.24) is 9.78 Å². The standard InChI is InChI=1S/C15H27ClN2/c1-6-12-11-13(18(7-2)17-12)9-8-10-14(16)15(3,4)5/h11,14H,6-10H2,1-5H3. The number of halogens is 1. The van der Waals surface area contributed by atoms with Crippen LogP contribution >= 0.6 is 11.6 Å². The Morgan fingerprint density at radius 2 is 2.00 bits per heavy atom. The first kappa shape index (κ1) is 15.6. The smallest absolute Gasteiger partial charge is 0.0624 e. The Hall–Kier alpha value is -0.500. The summed E-state index contributed by atoms with van der Waals surface area (Å²) in [7, 11) is 0. The van der Waals surface area contributed by atoms with Gasteiger partial charge in [0.05, 0.1) is 5.69 Å². The number of hydrogen-bond donors (Lipinski definition) is 0. The molecular weight excluding hydrogens is 244 g/mol. The lowest BCUT2D eigenvalue weighted by molar-refractivity contribution is 0.368. The predicted molar refractivity (Wildman–Crippen MR) is 79.3 cm³/mol. The lowest BCUT2D eigenvalue weighted by Gasteiger charge is -2.24. The van der Waals surface area contributed by atoms with Gasteiger partial charge in [0.2, 0.25) is 0 Å². The Bertz CT molecular complexity index is 363. The van der Waals surface area contributed by atoms with Crippen LogP contribution in [0.25, 0.3) is 0 Å². The molecule has 0 aliphatic heterocycles. The molecule has 0 saturated carbocycles. The van der Waals surface area contributed by atoms with Crippen LogP contribution in [0.3, 0.4) is 0 Å². The molecule has 0 bridgehead atoms. The van der Waals surface area contributed by atoms with E-state index in [1.165, 1.54) is 11.4 Å². The number of aryl methyl sites for hydroxylation is 3. The van der Waals surface area contributed by atoms with Gasteiger partial charge in [-0.2, -0.15) is 5.10 Å². The molecule has 1 aromatic rings. The fraction of sp³-hybridized carbons (Fsp3) is 0.800. The van der Waals surface area contributed by atoms with Crippen molar-refractivity contribution in [3.05, 3.63) is 17.5 Å². The second kappa shape index (κ2) is 6.60. The van der Waals surface area contributed by atoms with Crippen LogP contribution in [0, 0.1) is 5.41 Å². The van der Waals surface area contributed by atoms with Crippen LogP contribution < -0.4 is 0 Å². The Morgan fingerprint density at radius 3 is 2.50 bits per heavy atom. The van der Waals surface area contributed by atoms with E-state index in [4.69, 9.17) is 11.6 Å². The zero-order chi connectivity index (χ0) is 13.8. The van der Waals surface area contributed by atoms with Crippen LogP contribution in [0.15, 0.2) is 6.07 Å². The van der Waals surface area contributed by atoms with Crippen molar-refractivity contribution in [3.8, 4) is 0 Å². The number of aromatic nitrogens is 2. The summed E-state index contributed by atoms with van der Waals surface area (Å²) in [6, 6.07) is 2.24. The molecule has 2 nitrogen and oxygen atoms in total. The Morgan fingerprint density at radius 1 is 1.33 bits per heavy atom. The van der Waals surface area contributed by atoms with Crippen LogP contribution in [-0.4, -0.2) is 15.2 Å². The minimum absolute atomic E-state index is 0.196. The first-order valence-corrected chi connectivity index (χ1v) is 7.51. The number of rotatable bonds is 6. The predicted octanol–water partition coefficient (Wildman–Crippen LogP) is 4.44. The van der Waals surface area contributed by atoms with Gasteiger partial charge in [-0.25, -0.2) is 0 Å². The van der Waals surface area contributed by atoms with E-state index < -0.39 is 0 Å². The van der Waals surface area contributed by atoms with Crippen LogP contribution in [0.1, 0.15) is 58.8 Å². The van der Waals surface area contributed by atoms with Gasteiger partial charge in [-0.3, -0.25) is 4.68 Å². The summed E-state index contributed by atoms with van der Waals surface area (Å²) in [5.41, 5.74) is 2.75. The summed E-state index contributed by atoms with van der Waals surface area (Å²) in [5.74, 6) is 0. The number of nitrogens with zero attached hydrogens (tertiary/aromatic N) is 2. The third-order valence-electron chi connectivity index (χ3n) is 3.41. The maximum absolute atomic E-state index is 6.41. The quantitative estimate of drug-likeness (QED) is 0.699. The molecule has 3 heteroatoms. The van der Waals surface area contributed by atoms with E-state index in [1.807, 2.05) is 0 Å². The minimum atomic E-state index is 0.196. The van der Waals surface area contributed by atoms with Gasteiger partial charge in [0.1, 0.15) is 0 Å². The largest absolute Gasteiger partial charge is 0.270 e. The molecule has 0 spiro atoms. The van der Waals surface area contributed by atoms with Crippen molar-refractivity contribution in [2.24, 2.45) is 5.41 Å².